The zero-order valence-corrected chi connectivity index (χ0v) is 71.6. The number of nitrogens with one attached hydrogen (secondary N) is 7. The Morgan fingerprint density at radius 3 is 1.32 bits per heavy atom. The van der Waals surface area contributed by atoms with E-state index in [1.54, 1.807) is 24.3 Å². The number of aromatic nitrogens is 3. The van der Waals surface area contributed by atoms with Gasteiger partial charge in [-0.2, -0.15) is 0 Å². The maximum Gasteiger partial charge on any atom is 0.251 e. The molecule has 0 unspecified atom stereocenters. The molecule has 15 nitrogen and oxygen atoms in total. The largest absolute Gasteiger partial charge is 0.361 e. The predicted molar refractivity (Wildman–Crippen MR) is 476 cm³/mol. The van der Waals surface area contributed by atoms with Crippen molar-refractivity contribution in [1.82, 2.24) is 41.1 Å². The molecule has 5 heterocycles. The zero-order chi connectivity index (χ0) is 81.8. The number of carbonyl (C=O) groups excluding carboxylic acids is 6. The van der Waals surface area contributed by atoms with Gasteiger partial charge in [-0.05, 0) is 301 Å². The van der Waals surface area contributed by atoms with Crippen molar-refractivity contribution in [1.29, 1.82) is 0 Å². The summed E-state index contributed by atoms with van der Waals surface area (Å²) in [7, 11) is 0. The molecule has 14 aliphatic rings. The normalized spacial score (nSPS) is 28.8. The van der Waals surface area contributed by atoms with Gasteiger partial charge < -0.3 is 46.9 Å². The molecule has 5 atom stereocenters. The van der Waals surface area contributed by atoms with E-state index < -0.39 is 5.24 Å². The molecular weight excluding hydrogens is 1530 g/mol. The van der Waals surface area contributed by atoms with E-state index in [2.05, 4.69) is 142 Å². The van der Waals surface area contributed by atoms with Crippen molar-refractivity contribution in [2.75, 3.05) is 11.8 Å². The fraction of sp³-hybridized carbons (Fsp3) is 0.520. The third-order valence-corrected chi connectivity index (χ3v) is 29.9. The molecule has 23 rings (SSSR count). The summed E-state index contributed by atoms with van der Waals surface area (Å²) >= 11 is 15.7. The van der Waals surface area contributed by atoms with Crippen molar-refractivity contribution in [2.45, 2.75) is 260 Å². The van der Waals surface area contributed by atoms with E-state index in [1.807, 2.05) is 47.4 Å². The Bertz CT molecular complexity index is 4920. The van der Waals surface area contributed by atoms with Crippen LogP contribution in [0.5, 0.6) is 0 Å². The van der Waals surface area contributed by atoms with Crippen molar-refractivity contribution in [3.05, 3.63) is 213 Å². The number of carbonyl (C=O) groups is 6. The van der Waals surface area contributed by atoms with Gasteiger partial charge in [0.2, 0.25) is 11.1 Å². The van der Waals surface area contributed by atoms with Gasteiger partial charge in [0.25, 0.3) is 17.7 Å². The van der Waals surface area contributed by atoms with E-state index in [9.17, 15) is 28.8 Å². The van der Waals surface area contributed by atoms with E-state index in [0.29, 0.717) is 28.8 Å². The summed E-state index contributed by atoms with van der Waals surface area (Å²) < 4.78 is 0. The fourth-order valence-electron chi connectivity index (χ4n) is 25.2. The van der Waals surface area contributed by atoms with Crippen LogP contribution in [-0.4, -0.2) is 102 Å². The first-order valence-corrected chi connectivity index (χ1v) is 46.3. The van der Waals surface area contributed by atoms with E-state index in [4.69, 9.17) is 40.5 Å². The summed E-state index contributed by atoms with van der Waals surface area (Å²) in [6, 6.07) is 49.6. The predicted octanol–water partition coefficient (Wildman–Crippen LogP) is 21.2. The number of amides is 4. The van der Waals surface area contributed by atoms with Crippen molar-refractivity contribution >= 4 is 103 Å². The van der Waals surface area contributed by atoms with Gasteiger partial charge in [0.15, 0.2) is 0 Å². The van der Waals surface area contributed by atoms with Gasteiger partial charge in [0.05, 0.1) is 18.0 Å². The van der Waals surface area contributed by atoms with Gasteiger partial charge in [0, 0.05) is 107 Å². The highest BCUT2D eigenvalue weighted by Gasteiger charge is 2.55. The van der Waals surface area contributed by atoms with Crippen LogP contribution < -0.4 is 27.0 Å². The van der Waals surface area contributed by atoms with Crippen molar-refractivity contribution < 1.29 is 28.8 Å². The third-order valence-electron chi connectivity index (χ3n) is 29.2. The highest BCUT2D eigenvalue weighted by atomic mass is 35.5. The molecule has 118 heavy (non-hydrogen) atoms. The number of aromatic amines is 3. The first kappa shape index (κ1) is 83.6. The number of fused-ring (bicyclic) bond motifs is 7. The number of aldehydes is 1. The Labute approximate surface area is 712 Å². The maximum atomic E-state index is 13.5. The van der Waals surface area contributed by atoms with Gasteiger partial charge >= 0.3 is 0 Å². The van der Waals surface area contributed by atoms with Crippen LogP contribution >= 0.6 is 34.8 Å². The SMILES string of the molecule is CCCC[C@H](N)Cc1c[nH]c2ccccc12.CCCC[C@H]1Cc2c([nH]c3ccccc23)[C@H](c2ccc(C(=O)NC34CC5CC(CC(C5)C3)C4)cc2)N1.CCCC[C@H]1Cc2c([nH]c3ccccc23)[C@H](c2ccc(C(=O)NC34CC5CC(CC(C5)C3)C4)cc2)N1C(=O)CCl.O=C(Cl)CCl.O=Cc1ccc(C(=O)NC23CC4CC(CC(C4)C2)C3)cc1. The first-order valence-electron chi connectivity index (χ1n) is 44.9. The Morgan fingerprint density at radius 1 is 0.492 bits per heavy atom. The number of hydrogen-bond donors (Lipinski definition) is 8. The minimum atomic E-state index is -0.508. The lowest BCUT2D eigenvalue weighted by Gasteiger charge is -2.56. The van der Waals surface area contributed by atoms with Gasteiger partial charge in [-0.3, -0.25) is 28.8 Å². The second-order valence-electron chi connectivity index (χ2n) is 38.0. The number of alkyl halides is 2. The third kappa shape index (κ3) is 18.6. The average Bonchev–Trinajstić information content (AvgIpc) is 1.37. The molecule has 624 valence electrons. The molecule has 12 aliphatic carbocycles. The van der Waals surface area contributed by atoms with Crippen molar-refractivity contribution in [2.24, 2.45) is 59.0 Å². The van der Waals surface area contributed by atoms with Crippen LogP contribution in [0.4, 0.5) is 0 Å². The second kappa shape index (κ2) is 36.7. The molecule has 6 aromatic carbocycles. The van der Waals surface area contributed by atoms with Crippen molar-refractivity contribution in [3.8, 4) is 0 Å². The summed E-state index contributed by atoms with van der Waals surface area (Å²) in [5, 5.41) is 17.7. The Hall–Kier alpha value is -8.05. The number of unbranched alkanes of at least 4 members (excludes halogenated alkanes) is 3. The number of H-pyrrole nitrogens is 3. The van der Waals surface area contributed by atoms with Crippen LogP contribution in [0.3, 0.4) is 0 Å². The minimum absolute atomic E-state index is 0.0107. The lowest BCUT2D eigenvalue weighted by molar-refractivity contribution is -0.133. The van der Waals surface area contributed by atoms with E-state index >= 15 is 0 Å². The Balaban J connectivity index is 0.000000121. The number of nitrogens with zero attached hydrogens (tertiary/aromatic N) is 1. The topological polar surface area (TPSA) is 227 Å². The zero-order valence-electron chi connectivity index (χ0n) is 69.3. The molecule has 0 spiro atoms. The molecule has 2 aliphatic heterocycles. The molecule has 9 N–H and O–H groups in total. The Kier molecular flexibility index (Phi) is 26.0. The number of nitrogens with two attached hydrogens (primary N) is 1. The molecule has 12 bridgehead atoms. The van der Waals surface area contributed by atoms with Gasteiger partial charge in [-0.1, -0.05) is 150 Å². The molecule has 12 saturated carbocycles. The molecule has 0 radical (unpaired) electrons. The van der Waals surface area contributed by atoms with Gasteiger partial charge in [-0.25, -0.2) is 0 Å². The number of halogens is 3. The minimum Gasteiger partial charge on any atom is -0.361 e. The number of rotatable bonds is 22. The van der Waals surface area contributed by atoms with Crippen LogP contribution in [0.15, 0.2) is 152 Å². The van der Waals surface area contributed by atoms with Crippen LogP contribution in [0.2, 0.25) is 0 Å². The monoisotopic (exact) mass is 1650 g/mol. The summed E-state index contributed by atoms with van der Waals surface area (Å²) in [6.45, 7) is 6.67. The lowest BCUT2D eigenvalue weighted by Crippen LogP contribution is -2.59. The molecule has 18 heteroatoms. The Morgan fingerprint density at radius 2 is 0.890 bits per heavy atom. The second-order valence-corrected chi connectivity index (χ2v) is 39.0. The molecule has 9 aromatic rings. The quantitative estimate of drug-likeness (QED) is 0.0185. The molecular formula is C100H122Cl3N9O6. The average molecular weight is 1650 g/mol. The van der Waals surface area contributed by atoms with Gasteiger partial charge in [-0.15, -0.1) is 23.2 Å². The fourth-order valence-corrected chi connectivity index (χ4v) is 25.4. The van der Waals surface area contributed by atoms with E-state index in [1.165, 1.54) is 164 Å². The summed E-state index contributed by atoms with van der Waals surface area (Å²) in [4.78, 5) is 85.6. The van der Waals surface area contributed by atoms with Crippen molar-refractivity contribution in [3.63, 3.8) is 0 Å². The standard InChI is InChI=1S/C34H40ClN3O2.C32H39N3O.C18H21NO2.C14H20N2.C2H2Cl2O/c1-2-3-6-26-16-28-27-7-4-5-8-29(27)36-31(28)32(38(26)30(39)20-35)24-9-11-25(12-10-24)33(40)37-34-17-21-13-22(18-34)15-23(14-21)19-34;1-2-3-6-25-16-27-26-7-4-5-8-28(26)34-30(27)29(33-25)23-9-11-24(12-10-23)31(36)35-32-17-20-13-21(18-32)15-22(14-20)19-32;20-11-12-1-3-16(4-2-12)17(21)19-18-8-13-5-14(9-18)7-15(6-13)10-18;1-2-3-6-12(15)9-11-10-16-14-8-5-4-7-13(11)14;3-1-2(4)5/h4-5,7-12,21-23,26,32,36H,2-3,6,13-20H2,1H3,(H,37,40);4-5,7-12,20-22,25,29,33-34H,2-3,6,13-19H2,1H3,(H,35,36);1-4,11,13-15H,5-10H2,(H,19,21);4-5,7-8,10,12,16H,2-3,6,9,15H2,1H3;1H2/t21?,22?,23?,26-,32-,34?;20?,21?,22?,25-,29-,32?;;12-;/m00.0./s1. The van der Waals surface area contributed by atoms with E-state index in [-0.39, 0.29) is 70.1 Å². The molecule has 12 fully saturated rings. The molecule has 3 aromatic heterocycles. The lowest BCUT2D eigenvalue weighted by atomic mass is 9.53. The molecule has 4 amide bonds. The number of para-hydroxylation sites is 3. The smallest absolute Gasteiger partial charge is 0.251 e. The van der Waals surface area contributed by atoms with Gasteiger partial charge in [0.1, 0.15) is 12.2 Å². The summed E-state index contributed by atoms with van der Waals surface area (Å²) in [5.74, 6) is 7.36. The molecule has 0 saturated heterocycles. The van der Waals surface area contributed by atoms with E-state index in [0.717, 1.165) is 165 Å². The highest BCUT2D eigenvalue weighted by Crippen LogP contribution is 2.59. The highest BCUT2D eigenvalue weighted by molar-refractivity contribution is 6.67. The summed E-state index contributed by atoms with van der Waals surface area (Å²) in [5.41, 5.74) is 21.2. The van der Waals surface area contributed by atoms with Crippen LogP contribution in [0, 0.1) is 53.3 Å². The van der Waals surface area contributed by atoms with Crippen LogP contribution in [0.25, 0.3) is 32.7 Å². The van der Waals surface area contributed by atoms with Crippen LogP contribution in [0.1, 0.15) is 287 Å². The summed E-state index contributed by atoms with van der Waals surface area (Å²) in [6.07, 6.45) is 39.0. The maximum absolute atomic E-state index is 13.5. The first-order chi connectivity index (χ1) is 57.3. The number of hydrogen-bond acceptors (Lipinski definition) is 8. The number of benzene rings is 6. The van der Waals surface area contributed by atoms with Crippen LogP contribution in [-0.2, 0) is 28.9 Å².